The van der Waals surface area contributed by atoms with Gasteiger partial charge >= 0.3 is 0 Å². The summed E-state index contributed by atoms with van der Waals surface area (Å²) in [4.78, 5) is 34.2. The fraction of sp³-hybridized carbons (Fsp3) is 0.429. The fourth-order valence-corrected chi connectivity index (χ4v) is 3.69. The molecule has 0 saturated carbocycles. The number of aromatic nitrogens is 2. The Balaban J connectivity index is 1.41. The number of ether oxygens (including phenoxy) is 3. The minimum Gasteiger partial charge on any atom is -0.493 e. The van der Waals surface area contributed by atoms with E-state index in [0.717, 1.165) is 12.0 Å². The van der Waals surface area contributed by atoms with Crippen LogP contribution in [0.3, 0.4) is 0 Å². The third kappa shape index (κ3) is 4.68. The van der Waals surface area contributed by atoms with Crippen LogP contribution in [-0.4, -0.2) is 66.2 Å². The third-order valence-corrected chi connectivity index (χ3v) is 5.22. The predicted molar refractivity (Wildman–Crippen MR) is 107 cm³/mol. The molecule has 2 aliphatic heterocycles. The van der Waals surface area contributed by atoms with Gasteiger partial charge in [-0.1, -0.05) is 6.07 Å². The maximum Gasteiger partial charge on any atom is 0.245 e. The first-order chi connectivity index (χ1) is 14.6. The molecule has 30 heavy (non-hydrogen) atoms. The molecule has 4 rings (SSSR count). The molecule has 2 atom stereocenters. The quantitative estimate of drug-likeness (QED) is 0.737. The molecule has 0 spiro atoms. The zero-order chi connectivity index (χ0) is 20.9. The first-order valence-corrected chi connectivity index (χ1v) is 9.88. The number of hydrogen-bond acceptors (Lipinski definition) is 7. The normalized spacial score (nSPS) is 21.0. The Bertz CT molecular complexity index is 902. The van der Waals surface area contributed by atoms with Crippen LogP contribution in [0.5, 0.6) is 11.5 Å². The summed E-state index contributed by atoms with van der Waals surface area (Å²) in [7, 11) is 1.60. The van der Waals surface area contributed by atoms with E-state index in [9.17, 15) is 9.59 Å². The molecule has 2 saturated heterocycles. The van der Waals surface area contributed by atoms with Gasteiger partial charge in [0, 0.05) is 37.7 Å². The van der Waals surface area contributed by atoms with Gasteiger partial charge in [0.25, 0.3) is 0 Å². The molecule has 9 nitrogen and oxygen atoms in total. The molecular weight excluding hydrogens is 388 g/mol. The van der Waals surface area contributed by atoms with Crippen LogP contribution in [-0.2, 0) is 14.3 Å². The highest BCUT2D eigenvalue weighted by atomic mass is 16.6. The van der Waals surface area contributed by atoms with E-state index >= 15 is 0 Å². The van der Waals surface area contributed by atoms with Crippen LogP contribution in [0.2, 0.25) is 0 Å². The summed E-state index contributed by atoms with van der Waals surface area (Å²) in [5.74, 6) is 1.28. The Morgan fingerprint density at radius 1 is 1.33 bits per heavy atom. The number of amides is 2. The number of benzene rings is 1. The average molecular weight is 412 g/mol. The van der Waals surface area contributed by atoms with Crippen molar-refractivity contribution >= 4 is 17.6 Å². The molecule has 0 radical (unpaired) electrons. The Hall–Kier alpha value is -3.20. The number of nitrogens with one attached hydrogen (secondary N) is 1. The van der Waals surface area contributed by atoms with E-state index in [2.05, 4.69) is 15.3 Å². The smallest absolute Gasteiger partial charge is 0.245 e. The van der Waals surface area contributed by atoms with E-state index in [1.807, 2.05) is 18.2 Å². The van der Waals surface area contributed by atoms with Crippen LogP contribution < -0.4 is 14.8 Å². The maximum atomic E-state index is 12.5. The van der Waals surface area contributed by atoms with Crippen molar-refractivity contribution in [1.82, 2.24) is 14.9 Å². The van der Waals surface area contributed by atoms with Crippen molar-refractivity contribution in [2.45, 2.75) is 24.9 Å². The molecule has 3 heterocycles. The first-order valence-electron chi connectivity index (χ1n) is 9.88. The lowest BCUT2D eigenvalue weighted by Gasteiger charge is -2.19. The molecule has 2 aromatic rings. The van der Waals surface area contributed by atoms with E-state index < -0.39 is 0 Å². The van der Waals surface area contributed by atoms with Gasteiger partial charge in [-0.15, -0.1) is 0 Å². The van der Waals surface area contributed by atoms with Crippen LogP contribution in [0.4, 0.5) is 5.82 Å². The van der Waals surface area contributed by atoms with Crippen molar-refractivity contribution in [3.8, 4) is 11.5 Å². The fourth-order valence-electron chi connectivity index (χ4n) is 3.69. The number of methoxy groups -OCH3 is 1. The summed E-state index contributed by atoms with van der Waals surface area (Å²) in [5.41, 5.74) is 0.981. The topological polar surface area (TPSA) is 103 Å². The molecule has 1 unspecified atom stereocenters. The minimum atomic E-state index is -0.301. The van der Waals surface area contributed by atoms with Crippen molar-refractivity contribution in [2.24, 2.45) is 0 Å². The molecule has 0 aliphatic carbocycles. The van der Waals surface area contributed by atoms with E-state index in [0.29, 0.717) is 43.5 Å². The monoisotopic (exact) mass is 412 g/mol. The second-order valence-corrected chi connectivity index (χ2v) is 7.33. The second kappa shape index (κ2) is 9.08. The molecule has 9 heteroatoms. The van der Waals surface area contributed by atoms with Gasteiger partial charge in [0.1, 0.15) is 6.10 Å². The Morgan fingerprint density at radius 2 is 2.23 bits per heavy atom. The van der Waals surface area contributed by atoms with Crippen molar-refractivity contribution in [2.75, 3.05) is 38.7 Å². The molecule has 1 aromatic carbocycles. The Labute approximate surface area is 174 Å². The SMILES string of the molecule is COc1ccc([C@@H]2CC(=O)N(CC(=O)Nc3cnccn3)C2)cc1OC1CCOC1. The lowest BCUT2D eigenvalue weighted by Crippen LogP contribution is -2.34. The zero-order valence-corrected chi connectivity index (χ0v) is 16.7. The van der Waals surface area contributed by atoms with Gasteiger partial charge < -0.3 is 24.4 Å². The van der Waals surface area contributed by atoms with Crippen molar-refractivity contribution in [1.29, 1.82) is 0 Å². The van der Waals surface area contributed by atoms with E-state index in [1.165, 1.54) is 18.6 Å². The molecular formula is C21H24N4O5. The van der Waals surface area contributed by atoms with E-state index in [1.54, 1.807) is 12.0 Å². The highest BCUT2D eigenvalue weighted by Gasteiger charge is 2.32. The van der Waals surface area contributed by atoms with Gasteiger partial charge in [0.2, 0.25) is 11.8 Å². The third-order valence-electron chi connectivity index (χ3n) is 5.22. The number of anilines is 1. The summed E-state index contributed by atoms with van der Waals surface area (Å²) < 4.78 is 16.9. The summed E-state index contributed by atoms with van der Waals surface area (Å²) in [6.45, 7) is 1.69. The number of nitrogens with zero attached hydrogens (tertiary/aromatic N) is 3. The van der Waals surface area contributed by atoms with Gasteiger partial charge in [-0.25, -0.2) is 4.98 Å². The number of carbonyl (C=O) groups excluding carboxylic acids is 2. The number of carbonyl (C=O) groups is 2. The van der Waals surface area contributed by atoms with Gasteiger partial charge in [0.15, 0.2) is 17.3 Å². The van der Waals surface area contributed by atoms with E-state index in [-0.39, 0.29) is 30.4 Å². The van der Waals surface area contributed by atoms with Crippen molar-refractivity contribution in [3.63, 3.8) is 0 Å². The zero-order valence-electron chi connectivity index (χ0n) is 16.7. The minimum absolute atomic E-state index is 0.000593. The van der Waals surface area contributed by atoms with Crippen LogP contribution in [0.25, 0.3) is 0 Å². The largest absolute Gasteiger partial charge is 0.493 e. The van der Waals surface area contributed by atoms with Gasteiger partial charge in [-0.05, 0) is 17.7 Å². The lowest BCUT2D eigenvalue weighted by molar-refractivity contribution is -0.131. The van der Waals surface area contributed by atoms with Crippen LogP contribution in [0, 0.1) is 0 Å². The number of rotatable bonds is 7. The summed E-state index contributed by atoms with van der Waals surface area (Å²) in [6, 6.07) is 5.73. The molecule has 0 bridgehead atoms. The molecule has 2 amide bonds. The summed E-state index contributed by atoms with van der Waals surface area (Å²) in [5, 5.41) is 2.65. The average Bonchev–Trinajstić information content (AvgIpc) is 3.39. The molecule has 1 N–H and O–H groups in total. The standard InChI is InChI=1S/C21H24N4O5/c1-28-17-3-2-14(8-18(17)30-16-4-7-29-13-16)15-9-21(27)25(11-15)12-20(26)24-19-10-22-5-6-23-19/h2-3,5-6,8,10,15-16H,4,7,9,11-13H2,1H3,(H,23,24,26)/t15-,16?/m1/s1. The van der Waals surface area contributed by atoms with Gasteiger partial charge in [0.05, 0.1) is 33.1 Å². The molecule has 1 aromatic heterocycles. The van der Waals surface area contributed by atoms with Crippen LogP contribution in [0.1, 0.15) is 24.3 Å². The molecule has 158 valence electrons. The van der Waals surface area contributed by atoms with E-state index in [4.69, 9.17) is 14.2 Å². The van der Waals surface area contributed by atoms with Crippen molar-refractivity contribution < 1.29 is 23.8 Å². The number of hydrogen-bond donors (Lipinski definition) is 1. The van der Waals surface area contributed by atoms with Gasteiger partial charge in [-0.3, -0.25) is 14.6 Å². The highest BCUT2D eigenvalue weighted by Crippen LogP contribution is 2.36. The highest BCUT2D eigenvalue weighted by molar-refractivity contribution is 5.94. The molecule has 2 fully saturated rings. The summed E-state index contributed by atoms with van der Waals surface area (Å²) >= 11 is 0. The van der Waals surface area contributed by atoms with Gasteiger partial charge in [-0.2, -0.15) is 0 Å². The second-order valence-electron chi connectivity index (χ2n) is 7.33. The maximum absolute atomic E-state index is 12.5. The van der Waals surface area contributed by atoms with Crippen molar-refractivity contribution in [3.05, 3.63) is 42.4 Å². The first kappa shape index (κ1) is 20.1. The Kier molecular flexibility index (Phi) is 6.08. The molecule has 2 aliphatic rings. The van der Waals surface area contributed by atoms with Crippen LogP contribution >= 0.6 is 0 Å². The summed E-state index contributed by atoms with van der Waals surface area (Å²) in [6.07, 6.45) is 5.66. The lowest BCUT2D eigenvalue weighted by atomic mass is 9.98. The number of likely N-dealkylation sites (tertiary alicyclic amines) is 1. The Morgan fingerprint density at radius 3 is 2.97 bits per heavy atom. The predicted octanol–water partition coefficient (Wildman–Crippen LogP) is 1.61. The van der Waals surface area contributed by atoms with Crippen LogP contribution in [0.15, 0.2) is 36.8 Å².